The van der Waals surface area contributed by atoms with Crippen LogP contribution in [0, 0.1) is 6.92 Å². The molecule has 0 radical (unpaired) electrons. The van der Waals surface area contributed by atoms with E-state index in [0.29, 0.717) is 5.56 Å². The third-order valence-electron chi connectivity index (χ3n) is 8.49. The molecular weight excluding hydrogens is 584 g/mol. The van der Waals surface area contributed by atoms with Crippen LogP contribution >= 0.6 is 0 Å². The van der Waals surface area contributed by atoms with Gasteiger partial charge >= 0.3 is 0 Å². The molecule has 5 aromatic rings. The average Bonchev–Trinajstić information content (AvgIpc) is 3.54. The van der Waals surface area contributed by atoms with Gasteiger partial charge in [0.05, 0.1) is 16.6 Å². The van der Waals surface area contributed by atoms with Crippen LogP contribution in [0.15, 0.2) is 102 Å². The van der Waals surface area contributed by atoms with Crippen molar-refractivity contribution in [2.24, 2.45) is 0 Å². The third-order valence-corrected chi connectivity index (χ3v) is 9.76. The number of nitrogens with one attached hydrogen (secondary N) is 3. The summed E-state index contributed by atoms with van der Waals surface area (Å²) < 4.78 is 26.2. The Morgan fingerprint density at radius 2 is 1.53 bits per heavy atom. The number of hydrogen-bond acceptors (Lipinski definition) is 4. The molecule has 1 aliphatic rings. The Morgan fingerprint density at radius 3 is 2.22 bits per heavy atom. The number of amides is 2. The molecule has 4 aromatic carbocycles. The lowest BCUT2D eigenvalue weighted by Gasteiger charge is -2.31. The lowest BCUT2D eigenvalue weighted by Crippen LogP contribution is -2.52. The normalized spacial score (nSPS) is 15.7. The Bertz CT molecular complexity index is 2020. The molecule has 2 unspecified atom stereocenters. The maximum Gasteiger partial charge on any atom is 0.257 e. The molecule has 1 aromatic heterocycles. The lowest BCUT2D eigenvalue weighted by molar-refractivity contribution is -0.126. The van der Waals surface area contributed by atoms with Crippen LogP contribution in [0.4, 0.5) is 0 Å². The Balaban J connectivity index is 1.36. The van der Waals surface area contributed by atoms with Crippen molar-refractivity contribution >= 4 is 32.7 Å². The predicted molar refractivity (Wildman–Crippen MR) is 176 cm³/mol. The van der Waals surface area contributed by atoms with E-state index in [4.69, 9.17) is 0 Å². The van der Waals surface area contributed by atoms with E-state index in [1.807, 2.05) is 88.4 Å². The zero-order valence-electron chi connectivity index (χ0n) is 25.9. The summed E-state index contributed by atoms with van der Waals surface area (Å²) in [4.78, 5) is 35.0. The Morgan fingerprint density at radius 1 is 0.889 bits per heavy atom. The van der Waals surface area contributed by atoms with Gasteiger partial charge in [0.25, 0.3) is 21.8 Å². The highest BCUT2D eigenvalue weighted by molar-refractivity contribution is 7.89. The van der Waals surface area contributed by atoms with Gasteiger partial charge in [-0.1, -0.05) is 99.1 Å². The monoisotopic (exact) mass is 620 g/mol. The Hall–Kier alpha value is -4.73. The second kappa shape index (κ2) is 11.3. The molecule has 8 nitrogen and oxygen atoms in total. The number of benzene rings is 4. The molecule has 45 heavy (non-hydrogen) atoms. The van der Waals surface area contributed by atoms with Crippen LogP contribution in [0.5, 0.6) is 0 Å². The number of carbonyl (C=O) groups excluding carboxylic acids is 2. The van der Waals surface area contributed by atoms with Crippen molar-refractivity contribution in [1.29, 1.82) is 0 Å². The molecule has 0 aliphatic carbocycles. The van der Waals surface area contributed by atoms with Gasteiger partial charge in [0.2, 0.25) is 0 Å². The first-order valence-electron chi connectivity index (χ1n) is 14.9. The molecule has 3 N–H and O–H groups in total. The average molecular weight is 621 g/mol. The van der Waals surface area contributed by atoms with Gasteiger partial charge in [0.1, 0.15) is 6.04 Å². The van der Waals surface area contributed by atoms with Gasteiger partial charge in [-0.3, -0.25) is 15.0 Å². The van der Waals surface area contributed by atoms with Gasteiger partial charge < -0.3 is 9.88 Å². The number of H-pyrrole nitrogens is 1. The Kier molecular flexibility index (Phi) is 7.62. The standard InChI is InChI=1S/C36H36N4O4S/c1-22-14-16-24(17-15-22)32-31(29-12-8-9-13-30(29)37-32)33-27-10-6-7-11-28(27)35(42)40(33)23(2)34(41)38-39-45(43,44)26-20-18-25(19-21-26)36(3,4)5/h6-21,23,33,37,39H,1-5H3,(H,38,41). The molecule has 6 rings (SSSR count). The first-order valence-corrected chi connectivity index (χ1v) is 16.4. The number of aryl methyl sites for hydroxylation is 1. The summed E-state index contributed by atoms with van der Waals surface area (Å²) in [5.41, 5.74) is 9.19. The molecular formula is C36H36N4O4S. The summed E-state index contributed by atoms with van der Waals surface area (Å²) in [6, 6.07) is 28.3. The summed E-state index contributed by atoms with van der Waals surface area (Å²) in [6.07, 6.45) is 0. The van der Waals surface area contributed by atoms with E-state index in [2.05, 4.69) is 15.2 Å². The Labute approximate surface area is 263 Å². The molecule has 2 amide bonds. The SMILES string of the molecule is Cc1ccc(-c2[nH]c3ccccc3c2C2c3ccccc3C(=O)N2C(C)C(=O)NNS(=O)(=O)c2ccc(C(C)(C)C)cc2)cc1. The molecule has 0 spiro atoms. The molecule has 230 valence electrons. The van der Waals surface area contributed by atoms with Crippen molar-refractivity contribution < 1.29 is 18.0 Å². The van der Waals surface area contributed by atoms with Crippen molar-refractivity contribution in [3.05, 3.63) is 125 Å². The van der Waals surface area contributed by atoms with E-state index in [-0.39, 0.29) is 16.2 Å². The number of carbonyl (C=O) groups is 2. The highest BCUT2D eigenvalue weighted by Crippen LogP contribution is 2.46. The van der Waals surface area contributed by atoms with Crippen LogP contribution < -0.4 is 10.3 Å². The number of hydrogen-bond donors (Lipinski definition) is 3. The van der Waals surface area contributed by atoms with E-state index in [1.54, 1.807) is 36.1 Å². The second-order valence-electron chi connectivity index (χ2n) is 12.6. The second-order valence-corrected chi connectivity index (χ2v) is 14.3. The molecule has 2 heterocycles. The number of rotatable bonds is 7. The molecule has 2 atom stereocenters. The molecule has 0 saturated carbocycles. The van der Waals surface area contributed by atoms with E-state index in [1.165, 1.54) is 12.1 Å². The van der Waals surface area contributed by atoms with Crippen molar-refractivity contribution in [2.75, 3.05) is 0 Å². The fraction of sp³-hybridized carbons (Fsp3) is 0.222. The number of fused-ring (bicyclic) bond motifs is 2. The first kappa shape index (κ1) is 30.3. The topological polar surface area (TPSA) is 111 Å². The number of hydrazine groups is 1. The molecule has 0 fully saturated rings. The highest BCUT2D eigenvalue weighted by Gasteiger charge is 2.44. The maximum atomic E-state index is 14.0. The zero-order chi connectivity index (χ0) is 32.1. The van der Waals surface area contributed by atoms with Gasteiger partial charge in [-0.2, -0.15) is 0 Å². The van der Waals surface area contributed by atoms with Crippen molar-refractivity contribution in [2.45, 2.75) is 57.0 Å². The number of aromatic amines is 1. The summed E-state index contributed by atoms with van der Waals surface area (Å²) in [7, 11) is -4.06. The number of nitrogens with zero attached hydrogens (tertiary/aromatic N) is 1. The minimum Gasteiger partial charge on any atom is -0.354 e. The van der Waals surface area contributed by atoms with E-state index >= 15 is 0 Å². The minimum atomic E-state index is -4.06. The van der Waals surface area contributed by atoms with Gasteiger partial charge in [0.15, 0.2) is 0 Å². The fourth-order valence-electron chi connectivity index (χ4n) is 5.97. The smallest absolute Gasteiger partial charge is 0.257 e. The van der Waals surface area contributed by atoms with Gasteiger partial charge in [-0.25, -0.2) is 8.42 Å². The number of aromatic nitrogens is 1. The molecule has 9 heteroatoms. The van der Waals surface area contributed by atoms with Crippen LogP contribution in [0.25, 0.3) is 22.2 Å². The van der Waals surface area contributed by atoms with Gasteiger partial charge in [0, 0.05) is 22.0 Å². The summed E-state index contributed by atoms with van der Waals surface area (Å²) in [5, 5.41) is 0.930. The number of para-hydroxylation sites is 1. The largest absolute Gasteiger partial charge is 0.354 e. The van der Waals surface area contributed by atoms with E-state index < -0.39 is 28.0 Å². The maximum absolute atomic E-state index is 14.0. The van der Waals surface area contributed by atoms with Gasteiger partial charge in [-0.15, -0.1) is 4.83 Å². The van der Waals surface area contributed by atoms with E-state index in [9.17, 15) is 18.0 Å². The summed E-state index contributed by atoms with van der Waals surface area (Å²) in [5.74, 6) is -0.966. The van der Waals surface area contributed by atoms with Crippen molar-refractivity contribution in [3.8, 4) is 11.3 Å². The van der Waals surface area contributed by atoms with Crippen LogP contribution in [-0.4, -0.2) is 36.2 Å². The number of sulfonamides is 1. The zero-order valence-corrected chi connectivity index (χ0v) is 26.7. The first-order chi connectivity index (χ1) is 21.4. The quantitative estimate of drug-likeness (QED) is 0.183. The third kappa shape index (κ3) is 5.54. The molecule has 0 bridgehead atoms. The van der Waals surface area contributed by atoms with Crippen LogP contribution in [0.2, 0.25) is 0 Å². The van der Waals surface area contributed by atoms with Crippen molar-refractivity contribution in [3.63, 3.8) is 0 Å². The van der Waals surface area contributed by atoms with E-state index in [0.717, 1.165) is 44.4 Å². The fourth-order valence-corrected chi connectivity index (χ4v) is 6.81. The van der Waals surface area contributed by atoms with Crippen LogP contribution in [0.3, 0.4) is 0 Å². The lowest BCUT2D eigenvalue weighted by atomic mass is 9.87. The predicted octanol–water partition coefficient (Wildman–Crippen LogP) is 6.38. The van der Waals surface area contributed by atoms with Crippen molar-refractivity contribution in [1.82, 2.24) is 20.1 Å². The summed E-state index contributed by atoms with van der Waals surface area (Å²) in [6.45, 7) is 9.77. The highest BCUT2D eigenvalue weighted by atomic mass is 32.2. The molecule has 0 saturated heterocycles. The van der Waals surface area contributed by atoms with Gasteiger partial charge in [-0.05, 0) is 60.2 Å². The van der Waals surface area contributed by atoms with Crippen LogP contribution in [-0.2, 0) is 20.2 Å². The minimum absolute atomic E-state index is 0.0208. The molecule has 1 aliphatic heterocycles. The summed E-state index contributed by atoms with van der Waals surface area (Å²) >= 11 is 0. The van der Waals surface area contributed by atoms with Crippen LogP contribution in [0.1, 0.15) is 66.3 Å².